The molecule has 0 aliphatic heterocycles. The van der Waals surface area contributed by atoms with E-state index in [0.717, 1.165) is 36.7 Å². The first-order valence-electron chi connectivity index (χ1n) is 10.1. The van der Waals surface area contributed by atoms with Crippen LogP contribution in [0, 0.1) is 18.8 Å². The van der Waals surface area contributed by atoms with Crippen molar-refractivity contribution >= 4 is 5.91 Å². The number of unbranched alkanes of at least 4 members (excludes halogenated alkanes) is 1. The summed E-state index contributed by atoms with van der Waals surface area (Å²) in [5, 5.41) is 3.16. The lowest BCUT2D eigenvalue weighted by molar-refractivity contribution is 0.0945. The van der Waals surface area contributed by atoms with Crippen LogP contribution in [0.5, 0.6) is 0 Å². The van der Waals surface area contributed by atoms with Crippen LogP contribution in [0.4, 0.5) is 0 Å². The molecule has 0 bridgehead atoms. The highest BCUT2D eigenvalue weighted by Gasteiger charge is 2.18. The van der Waals surface area contributed by atoms with E-state index in [9.17, 15) is 4.79 Å². The van der Waals surface area contributed by atoms with Crippen LogP contribution >= 0.6 is 0 Å². The summed E-state index contributed by atoms with van der Waals surface area (Å²) < 4.78 is 2.29. The molecular formula is C21H36N2O. The Kier molecular flexibility index (Phi) is 7.87. The predicted octanol–water partition coefficient (Wildman–Crippen LogP) is 5.32. The van der Waals surface area contributed by atoms with Gasteiger partial charge in [0.1, 0.15) is 0 Å². The van der Waals surface area contributed by atoms with Gasteiger partial charge in [-0.2, -0.15) is 0 Å². The smallest absolute Gasteiger partial charge is 0.253 e. The van der Waals surface area contributed by atoms with E-state index in [1.807, 2.05) is 6.07 Å². The second-order valence-corrected chi connectivity index (χ2v) is 7.60. The zero-order chi connectivity index (χ0) is 17.4. The third-order valence-corrected chi connectivity index (χ3v) is 5.76. The van der Waals surface area contributed by atoms with Crippen molar-refractivity contribution in [1.82, 2.24) is 9.88 Å². The van der Waals surface area contributed by atoms with Gasteiger partial charge in [-0.25, -0.2) is 0 Å². The van der Waals surface area contributed by atoms with E-state index in [1.54, 1.807) is 0 Å². The Bertz CT molecular complexity index is 500. The van der Waals surface area contributed by atoms with Crippen LogP contribution < -0.4 is 5.32 Å². The Morgan fingerprint density at radius 3 is 2.71 bits per heavy atom. The van der Waals surface area contributed by atoms with Gasteiger partial charge in [0.05, 0.1) is 5.56 Å². The number of nitrogens with zero attached hydrogens (tertiary/aromatic N) is 1. The number of nitrogens with one attached hydrogen (secondary N) is 1. The number of aromatic nitrogens is 1. The summed E-state index contributed by atoms with van der Waals surface area (Å²) in [6.07, 6.45) is 13.8. The lowest BCUT2D eigenvalue weighted by Crippen LogP contribution is -2.29. The number of amides is 1. The van der Waals surface area contributed by atoms with E-state index in [2.05, 4.69) is 36.9 Å². The van der Waals surface area contributed by atoms with Crippen LogP contribution in [-0.4, -0.2) is 17.0 Å². The average Bonchev–Trinajstić information content (AvgIpc) is 2.96. The minimum absolute atomic E-state index is 0.102. The predicted molar refractivity (Wildman–Crippen MR) is 101 cm³/mol. The fourth-order valence-electron chi connectivity index (χ4n) is 3.91. The molecule has 1 atom stereocenters. The minimum atomic E-state index is 0.102. The zero-order valence-electron chi connectivity index (χ0n) is 15.9. The Morgan fingerprint density at radius 2 is 2.04 bits per heavy atom. The van der Waals surface area contributed by atoms with E-state index < -0.39 is 0 Å². The lowest BCUT2D eigenvalue weighted by Gasteiger charge is -2.22. The third-order valence-electron chi connectivity index (χ3n) is 5.76. The molecule has 1 saturated carbocycles. The van der Waals surface area contributed by atoms with Crippen molar-refractivity contribution in [1.29, 1.82) is 0 Å². The highest BCUT2D eigenvalue weighted by molar-refractivity contribution is 5.95. The topological polar surface area (TPSA) is 34.0 Å². The molecule has 1 aliphatic carbocycles. The SMILES string of the molecule is CCCCC(CC)CNC(=O)c1ccn(CC2CCCCC2)c1C. The summed E-state index contributed by atoms with van der Waals surface area (Å²) in [4.78, 5) is 12.5. The molecule has 0 radical (unpaired) electrons. The largest absolute Gasteiger partial charge is 0.352 e. The molecule has 24 heavy (non-hydrogen) atoms. The van der Waals surface area contributed by atoms with Gasteiger partial charge in [-0.3, -0.25) is 4.79 Å². The molecule has 1 aromatic rings. The van der Waals surface area contributed by atoms with Crippen LogP contribution in [0.1, 0.15) is 87.7 Å². The van der Waals surface area contributed by atoms with Crippen molar-refractivity contribution in [3.05, 3.63) is 23.5 Å². The van der Waals surface area contributed by atoms with Crippen LogP contribution in [0.3, 0.4) is 0 Å². The molecule has 1 unspecified atom stereocenters. The Morgan fingerprint density at radius 1 is 1.29 bits per heavy atom. The maximum atomic E-state index is 12.5. The van der Waals surface area contributed by atoms with Gasteiger partial charge in [0, 0.05) is 25.0 Å². The first-order valence-corrected chi connectivity index (χ1v) is 10.1. The van der Waals surface area contributed by atoms with Gasteiger partial charge < -0.3 is 9.88 Å². The standard InChI is InChI=1S/C21H36N2O/c1-4-6-10-18(5-2)15-22-21(24)20-13-14-23(17(20)3)16-19-11-8-7-9-12-19/h13-14,18-19H,4-12,15-16H2,1-3H3,(H,22,24). The highest BCUT2D eigenvalue weighted by atomic mass is 16.1. The van der Waals surface area contributed by atoms with Gasteiger partial charge in [-0.05, 0) is 44.1 Å². The molecule has 1 heterocycles. The molecule has 1 aromatic heterocycles. The van der Waals surface area contributed by atoms with E-state index in [4.69, 9.17) is 0 Å². The summed E-state index contributed by atoms with van der Waals surface area (Å²) in [5.74, 6) is 1.50. The number of hydrogen-bond donors (Lipinski definition) is 1. The van der Waals surface area contributed by atoms with Crippen molar-refractivity contribution in [3.63, 3.8) is 0 Å². The Balaban J connectivity index is 1.87. The van der Waals surface area contributed by atoms with Crippen molar-refractivity contribution < 1.29 is 4.79 Å². The quantitative estimate of drug-likeness (QED) is 0.652. The van der Waals surface area contributed by atoms with Crippen molar-refractivity contribution in [2.75, 3.05) is 6.54 Å². The molecule has 1 amide bonds. The molecule has 0 spiro atoms. The second-order valence-electron chi connectivity index (χ2n) is 7.60. The Hall–Kier alpha value is -1.25. The maximum absolute atomic E-state index is 12.5. The van der Waals surface area contributed by atoms with Crippen molar-refractivity contribution in [2.45, 2.75) is 85.1 Å². The molecule has 3 nitrogen and oxygen atoms in total. The van der Waals surface area contributed by atoms with E-state index in [-0.39, 0.29) is 5.91 Å². The first kappa shape index (κ1) is 19.1. The summed E-state index contributed by atoms with van der Waals surface area (Å²) in [7, 11) is 0. The molecule has 0 saturated heterocycles. The molecular weight excluding hydrogens is 296 g/mol. The molecule has 1 fully saturated rings. The normalized spacial score (nSPS) is 17.0. The van der Waals surface area contributed by atoms with E-state index in [1.165, 1.54) is 51.4 Å². The van der Waals surface area contributed by atoms with Crippen LogP contribution in [0.25, 0.3) is 0 Å². The number of carbonyl (C=O) groups is 1. The average molecular weight is 333 g/mol. The van der Waals surface area contributed by atoms with E-state index >= 15 is 0 Å². The fraction of sp³-hybridized carbons (Fsp3) is 0.762. The van der Waals surface area contributed by atoms with Gasteiger partial charge in [0.15, 0.2) is 0 Å². The van der Waals surface area contributed by atoms with Crippen LogP contribution in [-0.2, 0) is 6.54 Å². The Labute approximate surface area is 148 Å². The van der Waals surface area contributed by atoms with Crippen molar-refractivity contribution in [2.24, 2.45) is 11.8 Å². The minimum Gasteiger partial charge on any atom is -0.352 e. The number of carbonyl (C=O) groups excluding carboxylic acids is 1. The first-order chi connectivity index (χ1) is 11.7. The van der Waals surface area contributed by atoms with Gasteiger partial charge in [-0.15, -0.1) is 0 Å². The van der Waals surface area contributed by atoms with Gasteiger partial charge >= 0.3 is 0 Å². The molecule has 2 rings (SSSR count). The maximum Gasteiger partial charge on any atom is 0.253 e. The highest BCUT2D eigenvalue weighted by Crippen LogP contribution is 2.26. The van der Waals surface area contributed by atoms with Gasteiger partial charge in [0.25, 0.3) is 5.91 Å². The second kappa shape index (κ2) is 9.90. The summed E-state index contributed by atoms with van der Waals surface area (Å²) >= 11 is 0. The van der Waals surface area contributed by atoms with Crippen molar-refractivity contribution in [3.8, 4) is 0 Å². The summed E-state index contributed by atoms with van der Waals surface area (Å²) in [6, 6.07) is 2.00. The van der Waals surface area contributed by atoms with Crippen LogP contribution in [0.15, 0.2) is 12.3 Å². The lowest BCUT2D eigenvalue weighted by atomic mass is 9.89. The summed E-state index contributed by atoms with van der Waals surface area (Å²) in [5.41, 5.74) is 1.98. The molecule has 136 valence electrons. The van der Waals surface area contributed by atoms with E-state index in [0.29, 0.717) is 5.92 Å². The zero-order valence-corrected chi connectivity index (χ0v) is 15.9. The fourth-order valence-corrected chi connectivity index (χ4v) is 3.91. The summed E-state index contributed by atoms with van der Waals surface area (Å²) in [6.45, 7) is 8.42. The van der Waals surface area contributed by atoms with Crippen LogP contribution in [0.2, 0.25) is 0 Å². The molecule has 1 N–H and O–H groups in total. The molecule has 0 aromatic carbocycles. The monoisotopic (exact) mass is 332 g/mol. The number of rotatable bonds is 9. The molecule has 1 aliphatic rings. The molecule has 3 heteroatoms. The number of hydrogen-bond acceptors (Lipinski definition) is 1. The van der Waals surface area contributed by atoms with Gasteiger partial charge in [-0.1, -0.05) is 52.4 Å². The third kappa shape index (κ3) is 5.39. The van der Waals surface area contributed by atoms with Gasteiger partial charge in [0.2, 0.25) is 0 Å².